The Labute approximate surface area is 106 Å². The first kappa shape index (κ1) is 13.4. The van der Waals surface area contributed by atoms with Gasteiger partial charge in [-0.3, -0.25) is 4.79 Å². The average molecular weight is 252 g/mol. The molecule has 0 saturated heterocycles. The molecular weight excluding hydrogens is 238 g/mol. The van der Waals surface area contributed by atoms with Gasteiger partial charge in [-0.05, 0) is 31.0 Å². The minimum absolute atomic E-state index is 0.00122. The lowest BCUT2D eigenvalue weighted by Gasteiger charge is -2.05. The van der Waals surface area contributed by atoms with E-state index in [4.69, 9.17) is 18.0 Å². The number of carbonyl (C=O) groups excluding carboxylic acids is 1. The highest BCUT2D eigenvalue weighted by molar-refractivity contribution is 6.32. The van der Waals surface area contributed by atoms with Gasteiger partial charge >= 0.3 is 0 Å². The van der Waals surface area contributed by atoms with Crippen LogP contribution in [0.25, 0.3) is 0 Å². The molecule has 2 N–H and O–H groups in total. The molecule has 1 aromatic rings. The number of hydrogen-bond acceptors (Lipinski definition) is 2. The van der Waals surface area contributed by atoms with Crippen molar-refractivity contribution in [3.63, 3.8) is 0 Å². The number of phenols is 1. The second kappa shape index (κ2) is 6.82. The van der Waals surface area contributed by atoms with Crippen molar-refractivity contribution in [1.82, 2.24) is 0 Å². The van der Waals surface area contributed by atoms with E-state index in [0.717, 1.165) is 12.8 Å². The number of carbonyl (C=O) groups is 1. The lowest BCUT2D eigenvalue weighted by Crippen LogP contribution is -2.10. The van der Waals surface area contributed by atoms with E-state index in [-0.39, 0.29) is 16.7 Å². The van der Waals surface area contributed by atoms with E-state index in [9.17, 15) is 9.90 Å². The van der Waals surface area contributed by atoms with Crippen LogP contribution in [0.15, 0.2) is 18.2 Å². The zero-order valence-electron chi connectivity index (χ0n) is 9.37. The SMILES string of the molecule is C#CCCCCC(=O)Nc1ccc(O)c(Cl)c1. The number of aromatic hydroxyl groups is 1. The van der Waals surface area contributed by atoms with Crippen LogP contribution >= 0.6 is 11.6 Å². The first-order valence-corrected chi connectivity index (χ1v) is 5.73. The van der Waals surface area contributed by atoms with Crippen LogP contribution < -0.4 is 5.32 Å². The van der Waals surface area contributed by atoms with Crippen LogP contribution in [-0.2, 0) is 4.79 Å². The molecule has 4 heteroatoms. The molecule has 0 aromatic heterocycles. The van der Waals surface area contributed by atoms with E-state index >= 15 is 0 Å². The van der Waals surface area contributed by atoms with Crippen molar-refractivity contribution in [3.05, 3.63) is 23.2 Å². The van der Waals surface area contributed by atoms with Crippen molar-refractivity contribution in [2.45, 2.75) is 25.7 Å². The molecule has 17 heavy (non-hydrogen) atoms. The van der Waals surface area contributed by atoms with Crippen LogP contribution in [0.1, 0.15) is 25.7 Å². The summed E-state index contributed by atoms with van der Waals surface area (Å²) in [6.45, 7) is 0. The Bertz CT molecular complexity index is 438. The number of nitrogens with one attached hydrogen (secondary N) is 1. The predicted molar refractivity (Wildman–Crippen MR) is 69.0 cm³/mol. The summed E-state index contributed by atoms with van der Waals surface area (Å²) in [4.78, 5) is 11.5. The predicted octanol–water partition coefficient (Wildman–Crippen LogP) is 3.18. The molecule has 0 radical (unpaired) electrons. The van der Waals surface area contributed by atoms with E-state index in [1.165, 1.54) is 12.1 Å². The third-order valence-electron chi connectivity index (χ3n) is 2.21. The summed E-state index contributed by atoms with van der Waals surface area (Å²) in [7, 11) is 0. The second-order valence-corrected chi connectivity index (χ2v) is 4.03. The van der Waals surface area contributed by atoms with Crippen LogP contribution in [0.3, 0.4) is 0 Å². The first-order chi connectivity index (χ1) is 8.13. The molecule has 0 aliphatic carbocycles. The van der Waals surface area contributed by atoms with Gasteiger partial charge in [-0.1, -0.05) is 11.6 Å². The Morgan fingerprint density at radius 2 is 2.24 bits per heavy atom. The fourth-order valence-corrected chi connectivity index (χ4v) is 1.50. The van der Waals surface area contributed by atoms with Gasteiger partial charge in [-0.25, -0.2) is 0 Å². The zero-order valence-corrected chi connectivity index (χ0v) is 10.1. The largest absolute Gasteiger partial charge is 0.506 e. The summed E-state index contributed by atoms with van der Waals surface area (Å²) >= 11 is 5.72. The lowest BCUT2D eigenvalue weighted by atomic mass is 10.2. The van der Waals surface area contributed by atoms with Gasteiger partial charge in [0.05, 0.1) is 5.02 Å². The minimum Gasteiger partial charge on any atom is -0.506 e. The average Bonchev–Trinajstić information content (AvgIpc) is 2.30. The number of amides is 1. The minimum atomic E-state index is -0.0798. The topological polar surface area (TPSA) is 49.3 Å². The Kier molecular flexibility index (Phi) is 5.38. The molecular formula is C13H14ClNO2. The fraction of sp³-hybridized carbons (Fsp3) is 0.308. The van der Waals surface area contributed by atoms with Gasteiger partial charge in [-0.15, -0.1) is 12.3 Å². The van der Waals surface area contributed by atoms with Gasteiger partial charge in [-0.2, -0.15) is 0 Å². The van der Waals surface area contributed by atoms with Gasteiger partial charge in [0, 0.05) is 18.5 Å². The lowest BCUT2D eigenvalue weighted by molar-refractivity contribution is -0.116. The van der Waals surface area contributed by atoms with Crippen LogP contribution in [0, 0.1) is 12.3 Å². The summed E-state index contributed by atoms with van der Waals surface area (Å²) in [5.41, 5.74) is 0.578. The third kappa shape index (κ3) is 4.80. The summed E-state index contributed by atoms with van der Waals surface area (Å²) < 4.78 is 0. The molecule has 3 nitrogen and oxygen atoms in total. The smallest absolute Gasteiger partial charge is 0.224 e. The number of halogens is 1. The molecule has 0 fully saturated rings. The number of phenolic OH excluding ortho intramolecular Hbond substituents is 1. The van der Waals surface area contributed by atoms with E-state index in [1.54, 1.807) is 6.07 Å². The standard InChI is InChI=1S/C13H14ClNO2/c1-2-3-4-5-6-13(17)15-10-7-8-12(16)11(14)9-10/h1,7-9,16H,3-6H2,(H,15,17). The maximum absolute atomic E-state index is 11.5. The van der Waals surface area contributed by atoms with Crippen molar-refractivity contribution in [2.75, 3.05) is 5.32 Å². The van der Waals surface area contributed by atoms with E-state index < -0.39 is 0 Å². The van der Waals surface area contributed by atoms with Gasteiger partial charge in [0.25, 0.3) is 0 Å². The van der Waals surface area contributed by atoms with E-state index in [0.29, 0.717) is 18.5 Å². The molecule has 0 bridgehead atoms. The van der Waals surface area contributed by atoms with Crippen LogP contribution in [-0.4, -0.2) is 11.0 Å². The summed E-state index contributed by atoms with van der Waals surface area (Å²) in [5, 5.41) is 12.1. The molecule has 0 unspecified atom stereocenters. The summed E-state index contributed by atoms with van der Waals surface area (Å²) in [6, 6.07) is 4.55. The Morgan fingerprint density at radius 1 is 1.47 bits per heavy atom. The maximum atomic E-state index is 11.5. The number of terminal acetylenes is 1. The molecule has 0 saturated carbocycles. The number of unbranched alkanes of at least 4 members (excludes halogenated alkanes) is 2. The van der Waals surface area contributed by atoms with Gasteiger partial charge in [0.1, 0.15) is 5.75 Å². The molecule has 0 atom stereocenters. The van der Waals surface area contributed by atoms with Crippen LogP contribution in [0.2, 0.25) is 5.02 Å². The Balaban J connectivity index is 2.40. The first-order valence-electron chi connectivity index (χ1n) is 5.35. The van der Waals surface area contributed by atoms with Gasteiger partial charge in [0.2, 0.25) is 5.91 Å². The highest BCUT2D eigenvalue weighted by atomic mass is 35.5. The fourth-order valence-electron chi connectivity index (χ4n) is 1.32. The molecule has 1 amide bonds. The summed E-state index contributed by atoms with van der Waals surface area (Å²) in [5.74, 6) is 2.45. The number of anilines is 1. The highest BCUT2D eigenvalue weighted by Crippen LogP contribution is 2.26. The van der Waals surface area contributed by atoms with Gasteiger partial charge < -0.3 is 10.4 Å². The molecule has 0 spiro atoms. The molecule has 1 aromatic carbocycles. The molecule has 0 heterocycles. The monoisotopic (exact) mass is 251 g/mol. The molecule has 0 aliphatic rings. The maximum Gasteiger partial charge on any atom is 0.224 e. The van der Waals surface area contributed by atoms with Crippen molar-refractivity contribution in [2.24, 2.45) is 0 Å². The van der Waals surface area contributed by atoms with Gasteiger partial charge in [0.15, 0.2) is 0 Å². The quantitative estimate of drug-likeness (QED) is 0.480. The van der Waals surface area contributed by atoms with Crippen LogP contribution in [0.5, 0.6) is 5.75 Å². The van der Waals surface area contributed by atoms with Crippen LogP contribution in [0.4, 0.5) is 5.69 Å². The van der Waals surface area contributed by atoms with E-state index in [1.807, 2.05) is 0 Å². The van der Waals surface area contributed by atoms with Crippen molar-refractivity contribution >= 4 is 23.2 Å². The zero-order chi connectivity index (χ0) is 12.7. The highest BCUT2D eigenvalue weighted by Gasteiger charge is 2.04. The van der Waals surface area contributed by atoms with Crippen molar-refractivity contribution in [1.29, 1.82) is 0 Å². The van der Waals surface area contributed by atoms with Crippen molar-refractivity contribution < 1.29 is 9.90 Å². The van der Waals surface area contributed by atoms with E-state index in [2.05, 4.69) is 11.2 Å². The number of rotatable bonds is 5. The molecule has 90 valence electrons. The van der Waals surface area contributed by atoms with Crippen molar-refractivity contribution in [3.8, 4) is 18.1 Å². The summed E-state index contributed by atoms with van der Waals surface area (Å²) in [6.07, 6.45) is 7.85. The third-order valence-corrected chi connectivity index (χ3v) is 2.51. The molecule has 0 aliphatic heterocycles. The number of hydrogen-bond donors (Lipinski definition) is 2. The Morgan fingerprint density at radius 3 is 2.88 bits per heavy atom. The normalized spacial score (nSPS) is 9.65. The number of benzene rings is 1. The molecule has 1 rings (SSSR count). The Hall–Kier alpha value is -1.66. The second-order valence-electron chi connectivity index (χ2n) is 3.63.